The average molecular weight is 303 g/mol. The molecule has 3 N–H and O–H groups in total. The van der Waals surface area contributed by atoms with Gasteiger partial charge < -0.3 is 16.0 Å². The van der Waals surface area contributed by atoms with Crippen LogP contribution in [0.15, 0.2) is 24.3 Å². The van der Waals surface area contributed by atoms with E-state index in [1.54, 1.807) is 24.3 Å². The smallest absolute Gasteiger partial charge is 0.254 e. The number of unbranched alkanes of at least 4 members (excludes halogenated alkanes) is 1. The minimum absolute atomic E-state index is 0.0998. The number of hydrogen-bond donors (Lipinski definition) is 3. The summed E-state index contributed by atoms with van der Waals surface area (Å²) in [6, 6.07) is 6.15. The Morgan fingerprint density at radius 3 is 2.82 bits per heavy atom. The average Bonchev–Trinajstić information content (AvgIpc) is 2.63. The van der Waals surface area contributed by atoms with E-state index in [0.717, 1.165) is 12.8 Å². The molecule has 0 spiro atoms. The second kappa shape index (κ2) is 7.59. The van der Waals surface area contributed by atoms with Crippen molar-refractivity contribution in [1.29, 1.82) is 0 Å². The van der Waals surface area contributed by atoms with Gasteiger partial charge >= 0.3 is 0 Å². The second-order valence-corrected chi connectivity index (χ2v) is 5.30. The molecule has 118 valence electrons. The standard InChI is InChI=1S/C16H21N3O3/c1-2-3-10-17-14(20)9-8-13-16(22)18-12-7-5-4-6-11(12)15(21)19-13/h4-7,13H,2-3,8-10H2,1H3,(H,17,20)(H,18,22)(H,19,21)/t13-/m0/s1. The highest BCUT2D eigenvalue weighted by Gasteiger charge is 2.27. The zero-order valence-corrected chi connectivity index (χ0v) is 12.6. The lowest BCUT2D eigenvalue weighted by molar-refractivity contribution is -0.121. The Hall–Kier alpha value is -2.37. The first-order valence-corrected chi connectivity index (χ1v) is 7.59. The van der Waals surface area contributed by atoms with Gasteiger partial charge in [0.05, 0.1) is 11.3 Å². The number of carbonyl (C=O) groups is 3. The van der Waals surface area contributed by atoms with Crippen molar-refractivity contribution < 1.29 is 14.4 Å². The molecule has 0 unspecified atom stereocenters. The second-order valence-electron chi connectivity index (χ2n) is 5.30. The van der Waals surface area contributed by atoms with E-state index in [1.807, 2.05) is 0 Å². The van der Waals surface area contributed by atoms with Crippen LogP contribution >= 0.6 is 0 Å². The van der Waals surface area contributed by atoms with Crippen LogP contribution < -0.4 is 16.0 Å². The predicted octanol–water partition coefficient (Wildman–Crippen LogP) is 1.43. The van der Waals surface area contributed by atoms with Crippen LogP contribution in [-0.4, -0.2) is 30.3 Å². The summed E-state index contributed by atoms with van der Waals surface area (Å²) in [5, 5.41) is 8.20. The van der Waals surface area contributed by atoms with E-state index >= 15 is 0 Å². The summed E-state index contributed by atoms with van der Waals surface area (Å²) in [4.78, 5) is 35.9. The lowest BCUT2D eigenvalue weighted by Crippen LogP contribution is -2.42. The molecule has 2 rings (SSSR count). The lowest BCUT2D eigenvalue weighted by Gasteiger charge is -2.14. The van der Waals surface area contributed by atoms with E-state index in [-0.39, 0.29) is 30.6 Å². The summed E-state index contributed by atoms with van der Waals surface area (Å²) in [7, 11) is 0. The van der Waals surface area contributed by atoms with Crippen molar-refractivity contribution >= 4 is 23.4 Å². The van der Waals surface area contributed by atoms with Crippen LogP contribution in [-0.2, 0) is 9.59 Å². The van der Waals surface area contributed by atoms with Crippen LogP contribution in [0.25, 0.3) is 0 Å². The summed E-state index contributed by atoms with van der Waals surface area (Å²) in [6.45, 7) is 2.69. The van der Waals surface area contributed by atoms with Gasteiger partial charge in [0, 0.05) is 13.0 Å². The van der Waals surface area contributed by atoms with Crippen LogP contribution in [0, 0.1) is 0 Å². The van der Waals surface area contributed by atoms with Gasteiger partial charge in [-0.15, -0.1) is 0 Å². The Morgan fingerprint density at radius 1 is 1.27 bits per heavy atom. The third-order valence-corrected chi connectivity index (χ3v) is 3.56. The number of carbonyl (C=O) groups excluding carboxylic acids is 3. The Morgan fingerprint density at radius 2 is 2.05 bits per heavy atom. The fraction of sp³-hybridized carbons (Fsp3) is 0.438. The molecule has 0 saturated carbocycles. The highest BCUT2D eigenvalue weighted by atomic mass is 16.2. The van der Waals surface area contributed by atoms with E-state index in [4.69, 9.17) is 0 Å². The van der Waals surface area contributed by atoms with Crippen LogP contribution in [0.5, 0.6) is 0 Å². The highest BCUT2D eigenvalue weighted by Crippen LogP contribution is 2.19. The molecule has 1 aliphatic heterocycles. The molecule has 1 aromatic carbocycles. The number of benzene rings is 1. The fourth-order valence-electron chi connectivity index (χ4n) is 2.28. The number of para-hydroxylation sites is 1. The normalized spacial score (nSPS) is 17.0. The third kappa shape index (κ3) is 4.07. The molecule has 1 heterocycles. The molecule has 1 aliphatic rings. The topological polar surface area (TPSA) is 87.3 Å². The first kappa shape index (κ1) is 16.0. The van der Waals surface area contributed by atoms with Gasteiger partial charge in [-0.2, -0.15) is 0 Å². The molecule has 3 amide bonds. The maximum Gasteiger partial charge on any atom is 0.254 e. The molecule has 1 atom stereocenters. The van der Waals surface area contributed by atoms with E-state index in [9.17, 15) is 14.4 Å². The predicted molar refractivity (Wildman–Crippen MR) is 83.5 cm³/mol. The maximum atomic E-state index is 12.1. The lowest BCUT2D eigenvalue weighted by atomic mass is 10.1. The van der Waals surface area contributed by atoms with Gasteiger partial charge in [0.25, 0.3) is 5.91 Å². The monoisotopic (exact) mass is 303 g/mol. The van der Waals surface area contributed by atoms with Gasteiger partial charge in [0.2, 0.25) is 11.8 Å². The van der Waals surface area contributed by atoms with E-state index in [1.165, 1.54) is 0 Å². The van der Waals surface area contributed by atoms with Crippen molar-refractivity contribution in [1.82, 2.24) is 10.6 Å². The van der Waals surface area contributed by atoms with Gasteiger partial charge in [-0.3, -0.25) is 14.4 Å². The summed E-state index contributed by atoms with van der Waals surface area (Å²) in [5.74, 6) is -0.692. The van der Waals surface area contributed by atoms with Crippen molar-refractivity contribution in [3.8, 4) is 0 Å². The number of rotatable bonds is 6. The zero-order valence-electron chi connectivity index (χ0n) is 12.6. The first-order chi connectivity index (χ1) is 10.6. The van der Waals surface area contributed by atoms with Gasteiger partial charge in [-0.1, -0.05) is 25.5 Å². The van der Waals surface area contributed by atoms with Gasteiger partial charge in [-0.05, 0) is 25.0 Å². The van der Waals surface area contributed by atoms with Crippen molar-refractivity contribution in [2.75, 3.05) is 11.9 Å². The molecular formula is C16H21N3O3. The van der Waals surface area contributed by atoms with Gasteiger partial charge in [-0.25, -0.2) is 0 Å². The molecule has 22 heavy (non-hydrogen) atoms. The van der Waals surface area contributed by atoms with Crippen LogP contribution in [0.3, 0.4) is 0 Å². The molecule has 0 radical (unpaired) electrons. The third-order valence-electron chi connectivity index (χ3n) is 3.56. The Kier molecular flexibility index (Phi) is 5.52. The quantitative estimate of drug-likeness (QED) is 0.695. The Labute approximate surface area is 129 Å². The van der Waals surface area contributed by atoms with Crippen molar-refractivity contribution in [2.45, 2.75) is 38.6 Å². The number of nitrogens with one attached hydrogen (secondary N) is 3. The largest absolute Gasteiger partial charge is 0.356 e. The first-order valence-electron chi connectivity index (χ1n) is 7.59. The minimum Gasteiger partial charge on any atom is -0.356 e. The molecule has 1 aromatic rings. The van der Waals surface area contributed by atoms with Crippen LogP contribution in [0.1, 0.15) is 43.0 Å². The summed E-state index contributed by atoms with van der Waals surface area (Å²) < 4.78 is 0. The maximum absolute atomic E-state index is 12.1. The summed E-state index contributed by atoms with van der Waals surface area (Å²) >= 11 is 0. The fourth-order valence-corrected chi connectivity index (χ4v) is 2.28. The van der Waals surface area contributed by atoms with Gasteiger partial charge in [0.1, 0.15) is 6.04 Å². The SMILES string of the molecule is CCCCNC(=O)CC[C@@H]1NC(=O)c2ccccc2NC1=O. The Balaban J connectivity index is 1.92. The highest BCUT2D eigenvalue weighted by molar-refractivity contribution is 6.09. The van der Waals surface area contributed by atoms with Gasteiger partial charge in [0.15, 0.2) is 0 Å². The minimum atomic E-state index is -0.697. The zero-order chi connectivity index (χ0) is 15.9. The van der Waals surface area contributed by atoms with Crippen LogP contribution in [0.4, 0.5) is 5.69 Å². The van der Waals surface area contributed by atoms with Crippen molar-refractivity contribution in [3.63, 3.8) is 0 Å². The molecule has 0 saturated heterocycles. The molecular weight excluding hydrogens is 282 g/mol. The van der Waals surface area contributed by atoms with E-state index < -0.39 is 6.04 Å². The molecule has 6 nitrogen and oxygen atoms in total. The number of anilines is 1. The van der Waals surface area contributed by atoms with Crippen molar-refractivity contribution in [3.05, 3.63) is 29.8 Å². The van der Waals surface area contributed by atoms with E-state index in [0.29, 0.717) is 17.8 Å². The molecule has 0 bridgehead atoms. The summed E-state index contributed by atoms with van der Waals surface area (Å²) in [5.41, 5.74) is 0.936. The number of hydrogen-bond acceptors (Lipinski definition) is 3. The van der Waals surface area contributed by atoms with Crippen molar-refractivity contribution in [2.24, 2.45) is 0 Å². The molecule has 6 heteroatoms. The molecule has 0 aliphatic carbocycles. The number of fused-ring (bicyclic) bond motifs is 1. The summed E-state index contributed by atoms with van der Waals surface area (Å²) in [6.07, 6.45) is 2.43. The molecule has 0 fully saturated rings. The molecule has 0 aromatic heterocycles. The Bertz CT molecular complexity index is 572. The van der Waals surface area contributed by atoms with E-state index in [2.05, 4.69) is 22.9 Å². The van der Waals surface area contributed by atoms with Crippen LogP contribution in [0.2, 0.25) is 0 Å². The number of amides is 3.